The minimum Gasteiger partial charge on any atom is -0.493 e. The van der Waals surface area contributed by atoms with E-state index in [0.717, 1.165) is 0 Å². The van der Waals surface area contributed by atoms with Crippen LogP contribution >= 0.6 is 0 Å². The Morgan fingerprint density at radius 1 is 1.29 bits per heavy atom. The monoisotopic (exact) mass is 315 g/mol. The first-order valence-corrected chi connectivity index (χ1v) is 8.19. The lowest BCUT2D eigenvalue weighted by Gasteiger charge is -2.24. The lowest BCUT2D eigenvalue weighted by Crippen LogP contribution is -2.36. The minimum absolute atomic E-state index is 0.0501. The number of carboxylic acid groups (broad SMARTS) is 1. The molecule has 21 heavy (non-hydrogen) atoms. The van der Waals surface area contributed by atoms with Crippen LogP contribution in [-0.4, -0.2) is 43.0 Å². The number of ether oxygens (including phenoxy) is 1. The molecule has 0 amide bonds. The summed E-state index contributed by atoms with van der Waals surface area (Å²) in [5.74, 6) is -0.493. The summed E-state index contributed by atoms with van der Waals surface area (Å²) in [7, 11) is -3.52. The van der Waals surface area contributed by atoms with Crippen LogP contribution in [0.15, 0.2) is 29.2 Å². The molecule has 0 fully saturated rings. The summed E-state index contributed by atoms with van der Waals surface area (Å²) < 4.78 is 31.5. The SMILES string of the molecule is CCN(C(C)C)S(=O)(=O)c1ccc(OCCC(=O)O)cc1. The topological polar surface area (TPSA) is 83.9 Å². The number of nitrogens with zero attached hydrogens (tertiary/aromatic N) is 1. The summed E-state index contributed by atoms with van der Waals surface area (Å²) in [6.45, 7) is 5.89. The van der Waals surface area contributed by atoms with Crippen molar-refractivity contribution in [3.8, 4) is 5.75 Å². The average molecular weight is 315 g/mol. The standard InChI is InChI=1S/C14H21NO5S/c1-4-15(11(2)3)21(18,19)13-7-5-12(6-8-13)20-10-9-14(16)17/h5-8,11H,4,9-10H2,1-3H3,(H,16,17). The Labute approximate surface area is 125 Å². The fourth-order valence-electron chi connectivity index (χ4n) is 1.91. The van der Waals surface area contributed by atoms with Gasteiger partial charge < -0.3 is 9.84 Å². The van der Waals surface area contributed by atoms with E-state index in [1.165, 1.54) is 28.6 Å². The fraction of sp³-hybridized carbons (Fsp3) is 0.500. The molecule has 7 heteroatoms. The molecule has 118 valence electrons. The van der Waals surface area contributed by atoms with E-state index < -0.39 is 16.0 Å². The van der Waals surface area contributed by atoms with Crippen LogP contribution in [0.3, 0.4) is 0 Å². The van der Waals surface area contributed by atoms with E-state index in [-0.39, 0.29) is 24.0 Å². The molecule has 0 saturated carbocycles. The summed E-state index contributed by atoms with van der Waals surface area (Å²) in [4.78, 5) is 10.6. The predicted molar refractivity (Wildman–Crippen MR) is 78.9 cm³/mol. The zero-order valence-electron chi connectivity index (χ0n) is 12.4. The molecule has 0 unspecified atom stereocenters. The van der Waals surface area contributed by atoms with Crippen molar-refractivity contribution in [3.63, 3.8) is 0 Å². The summed E-state index contributed by atoms with van der Waals surface area (Å²) in [6, 6.07) is 5.88. The first-order valence-electron chi connectivity index (χ1n) is 6.75. The third kappa shape index (κ3) is 4.71. The largest absolute Gasteiger partial charge is 0.493 e. The molecular formula is C14H21NO5S. The molecule has 1 rings (SSSR count). The lowest BCUT2D eigenvalue weighted by molar-refractivity contribution is -0.137. The van der Waals surface area contributed by atoms with Gasteiger partial charge in [-0.15, -0.1) is 0 Å². The van der Waals surface area contributed by atoms with Gasteiger partial charge in [0, 0.05) is 12.6 Å². The molecule has 0 aliphatic heterocycles. The fourth-order valence-corrected chi connectivity index (χ4v) is 3.56. The molecule has 0 aromatic heterocycles. The first-order chi connectivity index (χ1) is 9.78. The van der Waals surface area contributed by atoms with Crippen molar-refractivity contribution in [2.24, 2.45) is 0 Å². The Hall–Kier alpha value is -1.60. The maximum atomic E-state index is 12.4. The van der Waals surface area contributed by atoms with Gasteiger partial charge in [0.15, 0.2) is 0 Å². The number of hydrogen-bond donors (Lipinski definition) is 1. The second kappa shape index (κ2) is 7.42. The summed E-state index contributed by atoms with van der Waals surface area (Å²) >= 11 is 0. The molecule has 0 radical (unpaired) electrons. The zero-order valence-corrected chi connectivity index (χ0v) is 13.3. The maximum Gasteiger partial charge on any atom is 0.306 e. The van der Waals surface area contributed by atoms with Gasteiger partial charge in [-0.05, 0) is 38.1 Å². The second-order valence-corrected chi connectivity index (χ2v) is 6.66. The van der Waals surface area contributed by atoms with Crippen LogP contribution in [-0.2, 0) is 14.8 Å². The molecule has 0 spiro atoms. The second-order valence-electron chi connectivity index (χ2n) is 4.77. The highest BCUT2D eigenvalue weighted by atomic mass is 32.2. The number of aliphatic carboxylic acids is 1. The quantitative estimate of drug-likeness (QED) is 0.793. The number of carboxylic acids is 1. The van der Waals surface area contributed by atoms with Gasteiger partial charge in [0.2, 0.25) is 10.0 Å². The van der Waals surface area contributed by atoms with Gasteiger partial charge >= 0.3 is 5.97 Å². The van der Waals surface area contributed by atoms with Crippen LogP contribution in [0, 0.1) is 0 Å². The number of benzene rings is 1. The van der Waals surface area contributed by atoms with Gasteiger partial charge in [-0.2, -0.15) is 4.31 Å². The maximum absolute atomic E-state index is 12.4. The molecule has 1 aromatic carbocycles. The normalized spacial score (nSPS) is 11.9. The molecule has 0 aliphatic carbocycles. The molecule has 1 aromatic rings. The summed E-state index contributed by atoms with van der Waals surface area (Å²) in [5, 5.41) is 8.52. The van der Waals surface area contributed by atoms with Crippen LogP contribution in [0.1, 0.15) is 27.2 Å². The van der Waals surface area contributed by atoms with E-state index >= 15 is 0 Å². The highest BCUT2D eigenvalue weighted by molar-refractivity contribution is 7.89. The van der Waals surface area contributed by atoms with E-state index in [1.54, 1.807) is 6.92 Å². The van der Waals surface area contributed by atoms with Gasteiger partial charge in [0.25, 0.3) is 0 Å². The third-order valence-electron chi connectivity index (χ3n) is 2.90. The molecule has 0 bridgehead atoms. The van der Waals surface area contributed by atoms with E-state index in [0.29, 0.717) is 12.3 Å². The molecule has 0 heterocycles. The van der Waals surface area contributed by atoms with Gasteiger partial charge in [0.1, 0.15) is 5.75 Å². The Morgan fingerprint density at radius 3 is 2.29 bits per heavy atom. The van der Waals surface area contributed by atoms with Crippen molar-refractivity contribution < 1.29 is 23.1 Å². The molecule has 6 nitrogen and oxygen atoms in total. The number of hydrogen-bond acceptors (Lipinski definition) is 4. The van der Waals surface area contributed by atoms with E-state index in [4.69, 9.17) is 9.84 Å². The van der Waals surface area contributed by atoms with Crippen LogP contribution in [0.2, 0.25) is 0 Å². The first kappa shape index (κ1) is 17.5. The Balaban J connectivity index is 2.84. The van der Waals surface area contributed by atoms with Crippen LogP contribution in [0.4, 0.5) is 0 Å². The van der Waals surface area contributed by atoms with Crippen LogP contribution < -0.4 is 4.74 Å². The lowest BCUT2D eigenvalue weighted by atomic mass is 10.3. The van der Waals surface area contributed by atoms with Gasteiger partial charge in [-0.3, -0.25) is 4.79 Å². The van der Waals surface area contributed by atoms with Gasteiger partial charge in [-0.25, -0.2) is 8.42 Å². The smallest absolute Gasteiger partial charge is 0.306 e. The van der Waals surface area contributed by atoms with Crippen molar-refractivity contribution in [2.45, 2.75) is 38.1 Å². The zero-order chi connectivity index (χ0) is 16.0. The molecule has 0 saturated heterocycles. The van der Waals surface area contributed by atoms with Crippen molar-refractivity contribution >= 4 is 16.0 Å². The van der Waals surface area contributed by atoms with E-state index in [1.807, 2.05) is 13.8 Å². The average Bonchev–Trinajstić information content (AvgIpc) is 2.38. The van der Waals surface area contributed by atoms with Gasteiger partial charge in [0.05, 0.1) is 17.9 Å². The van der Waals surface area contributed by atoms with Crippen molar-refractivity contribution in [1.82, 2.24) is 4.31 Å². The summed E-state index contributed by atoms with van der Waals surface area (Å²) in [6.07, 6.45) is -0.100. The molecular weight excluding hydrogens is 294 g/mol. The van der Waals surface area contributed by atoms with E-state index in [2.05, 4.69) is 0 Å². The Bertz CT molecular complexity index is 566. The third-order valence-corrected chi connectivity index (χ3v) is 5.07. The minimum atomic E-state index is -3.52. The molecule has 0 atom stereocenters. The summed E-state index contributed by atoms with van der Waals surface area (Å²) in [5.41, 5.74) is 0. The van der Waals surface area contributed by atoms with Crippen LogP contribution in [0.25, 0.3) is 0 Å². The number of rotatable bonds is 8. The highest BCUT2D eigenvalue weighted by Crippen LogP contribution is 2.21. The molecule has 1 N–H and O–H groups in total. The van der Waals surface area contributed by atoms with E-state index in [9.17, 15) is 13.2 Å². The molecule has 0 aliphatic rings. The highest BCUT2D eigenvalue weighted by Gasteiger charge is 2.25. The van der Waals surface area contributed by atoms with Crippen LogP contribution in [0.5, 0.6) is 5.75 Å². The number of carbonyl (C=O) groups is 1. The predicted octanol–water partition coefficient (Wildman–Crippen LogP) is 1.96. The Kier molecular flexibility index (Phi) is 6.17. The van der Waals surface area contributed by atoms with Crippen molar-refractivity contribution in [3.05, 3.63) is 24.3 Å². The number of sulfonamides is 1. The van der Waals surface area contributed by atoms with Gasteiger partial charge in [-0.1, -0.05) is 6.92 Å². The van der Waals surface area contributed by atoms with Crippen molar-refractivity contribution in [2.75, 3.05) is 13.2 Å². The Morgan fingerprint density at radius 2 is 1.86 bits per heavy atom. The van der Waals surface area contributed by atoms with Crippen molar-refractivity contribution in [1.29, 1.82) is 0 Å².